The summed E-state index contributed by atoms with van der Waals surface area (Å²) >= 11 is 0. The SMILES string of the molecule is CC(C)CC(NC(=O)C(Cc1ccccc1)NC(=O)C(CCCCN)NC(=O)C(N)CC(N)=O)C(=O)O. The molecule has 37 heavy (non-hydrogen) atoms. The molecule has 0 aliphatic carbocycles. The molecule has 0 heterocycles. The van der Waals surface area contributed by atoms with Crippen molar-refractivity contribution in [3.05, 3.63) is 35.9 Å². The summed E-state index contributed by atoms with van der Waals surface area (Å²) in [7, 11) is 0. The summed E-state index contributed by atoms with van der Waals surface area (Å²) < 4.78 is 0. The fraction of sp³-hybridized carbons (Fsp3) is 0.560. The lowest BCUT2D eigenvalue weighted by atomic mass is 10.0. The van der Waals surface area contributed by atoms with Crippen LogP contribution >= 0.6 is 0 Å². The highest BCUT2D eigenvalue weighted by molar-refractivity contribution is 5.95. The summed E-state index contributed by atoms with van der Waals surface area (Å²) in [5, 5.41) is 17.2. The zero-order valence-corrected chi connectivity index (χ0v) is 21.4. The Morgan fingerprint density at radius 1 is 0.865 bits per heavy atom. The lowest BCUT2D eigenvalue weighted by molar-refractivity contribution is -0.142. The molecule has 12 nitrogen and oxygen atoms in total. The van der Waals surface area contributed by atoms with Crippen molar-refractivity contribution < 1.29 is 29.1 Å². The van der Waals surface area contributed by atoms with Crippen molar-refractivity contribution in [1.29, 1.82) is 0 Å². The van der Waals surface area contributed by atoms with Gasteiger partial charge in [-0.05, 0) is 43.7 Å². The van der Waals surface area contributed by atoms with Crippen LogP contribution in [0.1, 0.15) is 51.5 Å². The summed E-state index contributed by atoms with van der Waals surface area (Å²) in [6.45, 7) is 4.06. The van der Waals surface area contributed by atoms with Gasteiger partial charge in [-0.2, -0.15) is 0 Å². The molecule has 0 saturated heterocycles. The van der Waals surface area contributed by atoms with Gasteiger partial charge in [-0.15, -0.1) is 0 Å². The summed E-state index contributed by atoms with van der Waals surface area (Å²) in [5.74, 6) is -3.98. The van der Waals surface area contributed by atoms with Gasteiger partial charge in [0.2, 0.25) is 23.6 Å². The van der Waals surface area contributed by atoms with E-state index >= 15 is 0 Å². The highest BCUT2D eigenvalue weighted by Gasteiger charge is 2.30. The van der Waals surface area contributed by atoms with Crippen molar-refractivity contribution in [1.82, 2.24) is 16.0 Å². The molecule has 0 bridgehead atoms. The van der Waals surface area contributed by atoms with Crippen LogP contribution in [0.4, 0.5) is 0 Å². The topological polar surface area (TPSA) is 220 Å². The molecule has 1 rings (SSSR count). The number of carbonyl (C=O) groups is 5. The summed E-state index contributed by atoms with van der Waals surface area (Å²) in [5.41, 5.74) is 17.1. The molecule has 1 aromatic rings. The quantitative estimate of drug-likeness (QED) is 0.128. The molecule has 0 aliphatic heterocycles. The van der Waals surface area contributed by atoms with Crippen molar-refractivity contribution in [2.75, 3.05) is 6.54 Å². The molecule has 4 amide bonds. The second kappa shape index (κ2) is 16.3. The third-order valence-electron chi connectivity index (χ3n) is 5.58. The molecule has 0 aromatic heterocycles. The number of unbranched alkanes of at least 4 members (excludes halogenated alkanes) is 1. The fourth-order valence-corrected chi connectivity index (χ4v) is 3.65. The maximum absolute atomic E-state index is 13.2. The number of hydrogen-bond donors (Lipinski definition) is 7. The maximum Gasteiger partial charge on any atom is 0.326 e. The zero-order valence-electron chi connectivity index (χ0n) is 21.4. The van der Waals surface area contributed by atoms with Crippen LogP contribution in [-0.2, 0) is 30.4 Å². The van der Waals surface area contributed by atoms with E-state index in [9.17, 15) is 29.1 Å². The van der Waals surface area contributed by atoms with E-state index in [1.54, 1.807) is 30.3 Å². The normalized spacial score (nSPS) is 14.2. The van der Waals surface area contributed by atoms with E-state index in [4.69, 9.17) is 17.2 Å². The Labute approximate surface area is 217 Å². The number of nitrogens with one attached hydrogen (secondary N) is 3. The molecule has 1 aromatic carbocycles. The van der Waals surface area contributed by atoms with E-state index in [2.05, 4.69) is 16.0 Å². The lowest BCUT2D eigenvalue weighted by Gasteiger charge is -2.25. The maximum atomic E-state index is 13.2. The number of aliphatic carboxylic acids is 1. The molecule has 206 valence electrons. The Kier molecular flexibility index (Phi) is 13.9. The third kappa shape index (κ3) is 12.3. The van der Waals surface area contributed by atoms with Gasteiger partial charge in [0.05, 0.1) is 12.5 Å². The summed E-state index contributed by atoms with van der Waals surface area (Å²) in [4.78, 5) is 61.7. The van der Waals surface area contributed by atoms with Gasteiger partial charge in [-0.1, -0.05) is 44.2 Å². The first-order chi connectivity index (χ1) is 17.4. The van der Waals surface area contributed by atoms with Gasteiger partial charge in [0.15, 0.2) is 0 Å². The molecular formula is C25H40N6O6. The Morgan fingerprint density at radius 3 is 1.97 bits per heavy atom. The van der Waals surface area contributed by atoms with Gasteiger partial charge < -0.3 is 38.3 Å². The molecule has 0 saturated carbocycles. The number of amides is 4. The van der Waals surface area contributed by atoms with Gasteiger partial charge in [0, 0.05) is 6.42 Å². The molecule has 0 radical (unpaired) electrons. The molecule has 0 fully saturated rings. The minimum Gasteiger partial charge on any atom is -0.480 e. The van der Waals surface area contributed by atoms with Crippen LogP contribution in [0.25, 0.3) is 0 Å². The second-order valence-electron chi connectivity index (χ2n) is 9.40. The minimum absolute atomic E-state index is 0.00955. The van der Waals surface area contributed by atoms with Crippen LogP contribution in [0.5, 0.6) is 0 Å². The number of rotatable bonds is 17. The van der Waals surface area contributed by atoms with E-state index in [0.29, 0.717) is 19.4 Å². The van der Waals surface area contributed by atoms with E-state index < -0.39 is 60.2 Å². The largest absolute Gasteiger partial charge is 0.480 e. The lowest BCUT2D eigenvalue weighted by Crippen LogP contribution is -2.57. The van der Waals surface area contributed by atoms with E-state index in [-0.39, 0.29) is 25.2 Å². The zero-order chi connectivity index (χ0) is 28.0. The molecule has 12 heteroatoms. The predicted molar refractivity (Wildman–Crippen MR) is 138 cm³/mol. The number of nitrogens with two attached hydrogens (primary N) is 3. The fourth-order valence-electron chi connectivity index (χ4n) is 3.65. The Balaban J connectivity index is 3.12. The highest BCUT2D eigenvalue weighted by atomic mass is 16.4. The first-order valence-corrected chi connectivity index (χ1v) is 12.4. The average Bonchev–Trinajstić information content (AvgIpc) is 2.82. The predicted octanol–water partition coefficient (Wildman–Crippen LogP) is -0.854. The Bertz CT molecular complexity index is 910. The number of carboxylic acids is 1. The molecule has 0 aliphatic rings. The van der Waals surface area contributed by atoms with Gasteiger partial charge in [-0.25, -0.2) is 4.79 Å². The van der Waals surface area contributed by atoms with E-state index in [1.165, 1.54) is 0 Å². The van der Waals surface area contributed by atoms with Crippen molar-refractivity contribution in [3.8, 4) is 0 Å². The standard InChI is InChI=1S/C25H40N6O6/c1-15(2)12-20(25(36)37)31-24(35)19(13-16-8-4-3-5-9-16)30-23(34)18(10-6-7-11-26)29-22(33)17(27)14-21(28)32/h3-5,8-9,15,17-20H,6-7,10-14,26-27H2,1-2H3,(H2,28,32)(H,29,33)(H,30,34)(H,31,35)(H,36,37). The number of benzene rings is 1. The number of primary amides is 1. The van der Waals surface area contributed by atoms with Gasteiger partial charge in [0.25, 0.3) is 0 Å². The van der Waals surface area contributed by atoms with Crippen LogP contribution in [0.15, 0.2) is 30.3 Å². The smallest absolute Gasteiger partial charge is 0.326 e. The first-order valence-electron chi connectivity index (χ1n) is 12.4. The first kappa shape index (κ1) is 31.5. The van der Waals surface area contributed by atoms with Crippen molar-refractivity contribution >= 4 is 29.6 Å². The van der Waals surface area contributed by atoms with Crippen LogP contribution in [-0.4, -0.2) is 65.4 Å². The van der Waals surface area contributed by atoms with Crippen LogP contribution in [0, 0.1) is 5.92 Å². The van der Waals surface area contributed by atoms with Crippen molar-refractivity contribution in [2.24, 2.45) is 23.1 Å². The number of hydrogen-bond acceptors (Lipinski definition) is 7. The number of carboxylic acid groups (broad SMARTS) is 1. The van der Waals surface area contributed by atoms with E-state index in [0.717, 1.165) is 5.56 Å². The molecular weight excluding hydrogens is 480 g/mol. The average molecular weight is 521 g/mol. The van der Waals surface area contributed by atoms with Crippen LogP contribution < -0.4 is 33.2 Å². The van der Waals surface area contributed by atoms with Gasteiger partial charge >= 0.3 is 5.97 Å². The molecule has 0 spiro atoms. The summed E-state index contributed by atoms with van der Waals surface area (Å²) in [6, 6.07) is 4.37. The summed E-state index contributed by atoms with van der Waals surface area (Å²) in [6.07, 6.45) is 1.22. The third-order valence-corrected chi connectivity index (χ3v) is 5.58. The van der Waals surface area contributed by atoms with Crippen LogP contribution in [0.2, 0.25) is 0 Å². The Morgan fingerprint density at radius 2 is 1.43 bits per heavy atom. The Hall–Kier alpha value is -3.51. The molecule has 10 N–H and O–H groups in total. The minimum atomic E-state index is -1.24. The highest BCUT2D eigenvalue weighted by Crippen LogP contribution is 2.09. The van der Waals surface area contributed by atoms with E-state index in [1.807, 2.05) is 13.8 Å². The molecule has 4 unspecified atom stereocenters. The van der Waals surface area contributed by atoms with Crippen molar-refractivity contribution in [2.45, 2.75) is 76.5 Å². The molecule has 4 atom stereocenters. The number of carbonyl (C=O) groups excluding carboxylic acids is 4. The van der Waals surface area contributed by atoms with Gasteiger partial charge in [-0.3, -0.25) is 19.2 Å². The van der Waals surface area contributed by atoms with Gasteiger partial charge in [0.1, 0.15) is 18.1 Å². The second-order valence-corrected chi connectivity index (χ2v) is 9.40. The van der Waals surface area contributed by atoms with Crippen LogP contribution in [0.3, 0.4) is 0 Å². The monoisotopic (exact) mass is 520 g/mol. The van der Waals surface area contributed by atoms with Crippen molar-refractivity contribution in [3.63, 3.8) is 0 Å².